The monoisotopic (exact) mass is 305 g/mol. The molecule has 2 rings (SSSR count). The number of nitrogens with one attached hydrogen (secondary N) is 1. The molecule has 3 nitrogen and oxygen atoms in total. The van der Waals surface area contributed by atoms with Crippen LogP contribution in [0.2, 0.25) is 0 Å². The maximum Gasteiger partial charge on any atom is 0.136 e. The Kier molecular flexibility index (Phi) is 5.57. The predicted molar refractivity (Wildman–Crippen MR) is 93.9 cm³/mol. The predicted octanol–water partition coefficient (Wildman–Crippen LogP) is 3.83. The Hall–Kier alpha value is -1.16. The lowest BCUT2D eigenvalue weighted by molar-refractivity contribution is 0.483. The summed E-state index contributed by atoms with van der Waals surface area (Å²) in [5.41, 5.74) is 9.35. The molecule has 3 N–H and O–H groups in total. The topological polar surface area (TPSA) is 50.9 Å². The molecule has 4 heteroatoms. The maximum atomic E-state index is 5.90. The highest BCUT2D eigenvalue weighted by atomic mass is 32.1. The number of aryl methyl sites for hydroxylation is 2. The van der Waals surface area contributed by atoms with E-state index in [0.717, 1.165) is 30.6 Å². The van der Waals surface area contributed by atoms with Crippen molar-refractivity contribution in [3.05, 3.63) is 22.9 Å². The van der Waals surface area contributed by atoms with Gasteiger partial charge in [0, 0.05) is 11.7 Å². The van der Waals surface area contributed by atoms with E-state index in [2.05, 4.69) is 32.2 Å². The summed E-state index contributed by atoms with van der Waals surface area (Å²) in [5, 5.41) is 3.53. The second-order valence-electron chi connectivity index (χ2n) is 6.36. The fourth-order valence-corrected chi connectivity index (χ4v) is 3.15. The van der Waals surface area contributed by atoms with E-state index < -0.39 is 0 Å². The van der Waals surface area contributed by atoms with E-state index in [9.17, 15) is 0 Å². The van der Waals surface area contributed by atoms with E-state index in [-0.39, 0.29) is 0 Å². The number of nitrogens with zero attached hydrogens (tertiary/aromatic N) is 1. The number of hydrogen-bond donors (Lipinski definition) is 2. The largest absolute Gasteiger partial charge is 0.389 e. The maximum absolute atomic E-state index is 5.90. The second kappa shape index (κ2) is 7.21. The van der Waals surface area contributed by atoms with Crippen LogP contribution in [-0.4, -0.2) is 16.0 Å². The lowest BCUT2D eigenvalue weighted by atomic mass is 9.94. The van der Waals surface area contributed by atoms with Gasteiger partial charge >= 0.3 is 0 Å². The highest BCUT2D eigenvalue weighted by molar-refractivity contribution is 7.80. The van der Waals surface area contributed by atoms with E-state index in [1.54, 1.807) is 0 Å². The fourth-order valence-electron chi connectivity index (χ4n) is 2.99. The van der Waals surface area contributed by atoms with Crippen LogP contribution >= 0.6 is 12.2 Å². The summed E-state index contributed by atoms with van der Waals surface area (Å²) in [6.45, 7) is 6.72. The summed E-state index contributed by atoms with van der Waals surface area (Å²) in [6.07, 6.45) is 6.97. The summed E-state index contributed by atoms with van der Waals surface area (Å²) in [4.78, 5) is 5.27. The third-order valence-electron chi connectivity index (χ3n) is 4.40. The molecule has 1 aliphatic carbocycles. The first-order valence-electron chi connectivity index (χ1n) is 8.10. The summed E-state index contributed by atoms with van der Waals surface area (Å²) >= 11 is 5.22. The Morgan fingerprint density at radius 2 is 2.10 bits per heavy atom. The summed E-state index contributed by atoms with van der Waals surface area (Å²) in [5.74, 6) is 1.58. The number of fused-ring (bicyclic) bond motifs is 1. The molecule has 2 atom stereocenters. The molecule has 0 amide bonds. The molecule has 0 spiro atoms. The number of aromatic nitrogens is 1. The molecule has 2 unspecified atom stereocenters. The van der Waals surface area contributed by atoms with E-state index in [1.807, 2.05) is 0 Å². The lowest BCUT2D eigenvalue weighted by Crippen LogP contribution is -2.24. The van der Waals surface area contributed by atoms with Gasteiger partial charge in [-0.2, -0.15) is 0 Å². The van der Waals surface area contributed by atoms with Gasteiger partial charge in [-0.3, -0.25) is 0 Å². The van der Waals surface area contributed by atoms with Crippen LogP contribution in [0.4, 0.5) is 5.82 Å². The summed E-state index contributed by atoms with van der Waals surface area (Å²) in [7, 11) is 0. The first-order valence-corrected chi connectivity index (χ1v) is 8.51. The molecule has 116 valence electrons. The van der Waals surface area contributed by atoms with Crippen LogP contribution in [0.1, 0.15) is 63.3 Å². The van der Waals surface area contributed by atoms with Crippen molar-refractivity contribution in [1.82, 2.24) is 4.98 Å². The molecule has 21 heavy (non-hydrogen) atoms. The fraction of sp³-hybridized carbons (Fsp3) is 0.647. The van der Waals surface area contributed by atoms with Crippen molar-refractivity contribution in [3.8, 4) is 0 Å². The van der Waals surface area contributed by atoms with Crippen molar-refractivity contribution in [2.24, 2.45) is 11.7 Å². The van der Waals surface area contributed by atoms with Crippen LogP contribution in [0.3, 0.4) is 0 Å². The number of hydrogen-bond acceptors (Lipinski definition) is 3. The molecule has 1 heterocycles. The third kappa shape index (κ3) is 4.16. The quantitative estimate of drug-likeness (QED) is 0.784. The highest BCUT2D eigenvalue weighted by Gasteiger charge is 2.18. The molecule has 1 aliphatic rings. The zero-order valence-corrected chi connectivity index (χ0v) is 14.2. The van der Waals surface area contributed by atoms with Crippen LogP contribution < -0.4 is 11.1 Å². The molecule has 0 saturated heterocycles. The van der Waals surface area contributed by atoms with Crippen molar-refractivity contribution < 1.29 is 0 Å². The van der Waals surface area contributed by atoms with Crippen molar-refractivity contribution in [3.63, 3.8) is 0 Å². The standard InChI is InChI=1S/C17H27N3S/c1-4-11(2)9-12(3)19-17-14(16(18)21)10-13-7-5-6-8-15(13)20-17/h10-12H,4-9H2,1-3H3,(H2,18,21)(H,19,20). The molecule has 0 bridgehead atoms. The molecular formula is C17H27N3S. The van der Waals surface area contributed by atoms with Gasteiger partial charge < -0.3 is 11.1 Å². The van der Waals surface area contributed by atoms with Gasteiger partial charge in [-0.1, -0.05) is 32.5 Å². The Labute approximate surface area is 133 Å². The Morgan fingerprint density at radius 3 is 2.76 bits per heavy atom. The van der Waals surface area contributed by atoms with Crippen LogP contribution in [0, 0.1) is 5.92 Å². The van der Waals surface area contributed by atoms with E-state index in [0.29, 0.717) is 16.9 Å². The number of nitrogens with two attached hydrogens (primary N) is 1. The minimum atomic E-state index is 0.377. The van der Waals surface area contributed by atoms with Gasteiger partial charge in [-0.15, -0.1) is 0 Å². The number of pyridine rings is 1. The molecule has 0 radical (unpaired) electrons. The molecule has 1 aromatic heterocycles. The molecule has 1 aromatic rings. The van der Waals surface area contributed by atoms with Crippen molar-refractivity contribution in [2.45, 2.75) is 65.3 Å². The van der Waals surface area contributed by atoms with Gasteiger partial charge in [0.1, 0.15) is 10.8 Å². The lowest BCUT2D eigenvalue weighted by Gasteiger charge is -2.23. The number of anilines is 1. The van der Waals surface area contributed by atoms with Crippen molar-refractivity contribution >= 4 is 23.0 Å². The van der Waals surface area contributed by atoms with E-state index >= 15 is 0 Å². The van der Waals surface area contributed by atoms with Crippen molar-refractivity contribution in [2.75, 3.05) is 5.32 Å². The number of thiocarbonyl (C=S) groups is 1. The SMILES string of the molecule is CCC(C)CC(C)Nc1nc2c(cc1C(N)=S)CCCC2. The second-order valence-corrected chi connectivity index (χ2v) is 6.80. The summed E-state index contributed by atoms with van der Waals surface area (Å²) < 4.78 is 0. The van der Waals surface area contributed by atoms with E-state index in [4.69, 9.17) is 22.9 Å². The molecule has 0 aliphatic heterocycles. The Morgan fingerprint density at radius 1 is 1.38 bits per heavy atom. The number of rotatable bonds is 6. The Balaban J connectivity index is 2.22. The molecule has 0 fully saturated rings. The van der Waals surface area contributed by atoms with Crippen molar-refractivity contribution in [1.29, 1.82) is 0 Å². The zero-order valence-electron chi connectivity index (χ0n) is 13.4. The first kappa shape index (κ1) is 16.2. The highest BCUT2D eigenvalue weighted by Crippen LogP contribution is 2.26. The van der Waals surface area contributed by atoms with Gasteiger partial charge in [-0.05, 0) is 56.6 Å². The minimum Gasteiger partial charge on any atom is -0.389 e. The summed E-state index contributed by atoms with van der Waals surface area (Å²) in [6, 6.07) is 2.53. The third-order valence-corrected chi connectivity index (χ3v) is 4.62. The molecule has 0 saturated carbocycles. The molecular weight excluding hydrogens is 278 g/mol. The van der Waals surface area contributed by atoms with Gasteiger partial charge in [0.2, 0.25) is 0 Å². The van der Waals surface area contributed by atoms with E-state index in [1.165, 1.54) is 30.5 Å². The van der Waals surface area contributed by atoms with Crippen LogP contribution in [0.5, 0.6) is 0 Å². The molecule has 0 aromatic carbocycles. The van der Waals surface area contributed by atoms with Gasteiger partial charge in [-0.25, -0.2) is 4.98 Å². The normalized spacial score (nSPS) is 16.9. The average molecular weight is 305 g/mol. The smallest absolute Gasteiger partial charge is 0.136 e. The van der Waals surface area contributed by atoms with Crippen LogP contribution in [0.25, 0.3) is 0 Å². The van der Waals surface area contributed by atoms with Crippen LogP contribution in [-0.2, 0) is 12.8 Å². The minimum absolute atomic E-state index is 0.377. The van der Waals surface area contributed by atoms with Gasteiger partial charge in [0.15, 0.2) is 0 Å². The zero-order chi connectivity index (χ0) is 15.4. The van der Waals surface area contributed by atoms with Gasteiger partial charge in [0.05, 0.1) is 5.56 Å². The average Bonchev–Trinajstić information content (AvgIpc) is 2.46. The first-order chi connectivity index (χ1) is 10.0. The van der Waals surface area contributed by atoms with Gasteiger partial charge in [0.25, 0.3) is 0 Å². The van der Waals surface area contributed by atoms with Crippen LogP contribution in [0.15, 0.2) is 6.07 Å². The Bertz CT molecular complexity index is 513.